The number of amides is 6. The molecule has 2 atom stereocenters. The van der Waals surface area contributed by atoms with Crippen LogP contribution in [0, 0.1) is 17.5 Å². The Hall–Kier alpha value is -15.1. The van der Waals surface area contributed by atoms with Crippen LogP contribution < -0.4 is 76.7 Å². The number of rotatable bonds is 26. The van der Waals surface area contributed by atoms with Gasteiger partial charge in [0.1, 0.15) is 35.0 Å². The maximum Gasteiger partial charge on any atom is 0.255 e. The van der Waals surface area contributed by atoms with Crippen LogP contribution >= 0.6 is 0 Å². The number of likely N-dealkylation sites (tertiary alicyclic amines) is 2. The van der Waals surface area contributed by atoms with Gasteiger partial charge in [-0.2, -0.15) is 28.7 Å². The molecule has 586 valence electrons. The number of nitrogens with two attached hydrogens (primary N) is 1. The molecule has 0 radical (unpaired) electrons. The Labute approximate surface area is 651 Å². The number of methoxy groups -OCH3 is 3. The number of hydrogen-bond acceptors (Lipinski definition) is 26. The fraction of sp³-hybridized carbons (Fsp3) is 0.177. The van der Waals surface area contributed by atoms with Crippen LogP contribution in [0.1, 0.15) is 41.6 Å². The largest absolute Gasteiger partial charge is 0.497 e. The predicted molar refractivity (Wildman–Crippen MR) is 420 cm³/mol. The zero-order chi connectivity index (χ0) is 81.0. The number of carbonyl (C=O) groups is 6. The van der Waals surface area contributed by atoms with Gasteiger partial charge in [0.15, 0.2) is 11.6 Å². The van der Waals surface area contributed by atoms with E-state index < -0.39 is 23.4 Å². The molecule has 13 rings (SSSR count). The van der Waals surface area contributed by atoms with Crippen molar-refractivity contribution in [2.75, 3.05) is 90.0 Å². The van der Waals surface area contributed by atoms with E-state index in [9.17, 15) is 41.9 Å². The second-order valence-corrected chi connectivity index (χ2v) is 24.5. The van der Waals surface area contributed by atoms with E-state index in [2.05, 4.69) is 114 Å². The van der Waals surface area contributed by atoms with Crippen molar-refractivity contribution in [1.82, 2.24) is 54.7 Å². The molecular formula is C79H77F3N20O12. The molecule has 2 saturated heterocycles. The van der Waals surface area contributed by atoms with Crippen molar-refractivity contribution < 1.29 is 70.4 Å². The Bertz CT molecular complexity index is 5170. The lowest BCUT2D eigenvalue weighted by Crippen LogP contribution is -2.43. The van der Waals surface area contributed by atoms with Crippen LogP contribution in [0.2, 0.25) is 0 Å². The van der Waals surface area contributed by atoms with E-state index in [4.69, 9.17) is 34.2 Å². The van der Waals surface area contributed by atoms with E-state index in [0.717, 1.165) is 54.8 Å². The molecule has 114 heavy (non-hydrogen) atoms. The zero-order valence-corrected chi connectivity index (χ0v) is 61.7. The summed E-state index contributed by atoms with van der Waals surface area (Å²) in [6.45, 7) is 15.8. The molecule has 0 aliphatic carbocycles. The summed E-state index contributed by atoms with van der Waals surface area (Å²) < 4.78 is 75.0. The third-order valence-corrected chi connectivity index (χ3v) is 16.4. The molecule has 0 spiro atoms. The van der Waals surface area contributed by atoms with Gasteiger partial charge < -0.3 is 86.5 Å². The van der Waals surface area contributed by atoms with Gasteiger partial charge in [-0.25, -0.2) is 29.3 Å². The molecule has 35 heteroatoms. The molecule has 6 amide bonds. The quantitative estimate of drug-likeness (QED) is 0.0227. The van der Waals surface area contributed by atoms with Gasteiger partial charge in [-0.1, -0.05) is 50.6 Å². The van der Waals surface area contributed by atoms with Crippen LogP contribution in [0.4, 0.5) is 88.3 Å². The Balaban J connectivity index is 0.000000161. The van der Waals surface area contributed by atoms with Gasteiger partial charge in [-0.3, -0.25) is 28.8 Å². The molecule has 2 unspecified atom stereocenters. The Morgan fingerprint density at radius 1 is 0.491 bits per heavy atom. The highest BCUT2D eigenvalue weighted by Crippen LogP contribution is 2.32. The number of halogens is 3. The van der Waals surface area contributed by atoms with Crippen LogP contribution in [-0.2, 0) is 30.4 Å². The van der Waals surface area contributed by atoms with Crippen LogP contribution in [-0.4, -0.2) is 150 Å². The highest BCUT2D eigenvalue weighted by atomic mass is 19.1. The number of primary amides is 1. The third kappa shape index (κ3) is 23.7. The summed E-state index contributed by atoms with van der Waals surface area (Å²) in [7, 11) is 4.66. The summed E-state index contributed by atoms with van der Waals surface area (Å²) in [6, 6.07) is 36.5. The normalized spacial score (nSPS) is 13.6. The SMILES string of the molecule is C=CC(=O)N1CCCC(Oc2nc(Nc3ccc(OC)nc3)ncc2F)C1.C=CC(=O)N1CCCC(Oc2nc(Nc3cccc(OC)c3)ncc2F)C1.C=CC(=O)Nc1cccc(Nc2nc(Nc3ccc4c(c3)CC(=O)N4)ncc2F)c1.C=CC(=O)Nc1cccc(Oc2nc(Nc3cccc(OC)c3)ncc2C(N)=O)c1. The number of ether oxygens (including phenoxy) is 6. The standard InChI is InChI=1S/C21H17FN6O2.C21H19N5O4.C19H21FN4O3.C18H20FN5O3/c1-2-18(29)24-13-4-3-5-14(10-13)25-20-16(22)11-23-21(28-20)26-15-6-7-17-12(8-15)9-19(30)27-17;1-3-18(27)24-13-6-5-9-16(11-13)30-20-17(19(22)28)12-23-21(26-20)25-14-7-4-8-15(10-14)29-2;1-3-17(25)24-9-5-8-15(12-24)27-18-16(20)11-21-19(23-18)22-13-6-4-7-14(10-13)26-2;1-3-16(25)24-8-4-5-13(11-24)27-17-14(19)10-21-18(23-17)22-12-6-7-15(26-2)20-9-12/h2-8,10-11H,1,9H2,(H,24,29)(H,27,30)(H2,23,25,26,28);3-12H,1H2,2H3,(H2,22,28)(H,24,27)(H,23,25,26);3-4,6-7,10-11,15H,1,5,8-9,12H2,2H3,(H,21,22,23);3,6-7,9-10,13H,1,4-5,8,11H2,2H3,(H,21,22,23). The first-order chi connectivity index (χ1) is 55.1. The minimum absolute atomic E-state index is 0.00622. The van der Waals surface area contributed by atoms with Gasteiger partial charge in [0.05, 0.1) is 71.3 Å². The molecule has 10 aromatic rings. The van der Waals surface area contributed by atoms with Crippen LogP contribution in [0.25, 0.3) is 0 Å². The van der Waals surface area contributed by atoms with Crippen molar-refractivity contribution in [3.8, 4) is 40.8 Å². The molecule has 0 bridgehead atoms. The smallest absolute Gasteiger partial charge is 0.255 e. The van der Waals surface area contributed by atoms with E-state index in [1.165, 1.54) is 25.5 Å². The number of pyridine rings is 1. The average Bonchev–Trinajstić information content (AvgIpc) is 1.44. The average molecular weight is 1560 g/mol. The number of anilines is 13. The number of hydrogen-bond donors (Lipinski definition) is 9. The second-order valence-electron chi connectivity index (χ2n) is 24.5. The molecular weight excluding hydrogens is 1480 g/mol. The number of nitrogens with zero attached hydrogens (tertiary/aromatic N) is 11. The van der Waals surface area contributed by atoms with E-state index in [0.29, 0.717) is 108 Å². The third-order valence-electron chi connectivity index (χ3n) is 16.4. The highest BCUT2D eigenvalue weighted by Gasteiger charge is 2.28. The first-order valence-electron chi connectivity index (χ1n) is 34.9. The van der Waals surface area contributed by atoms with Gasteiger partial charge >= 0.3 is 0 Å². The van der Waals surface area contributed by atoms with E-state index >= 15 is 0 Å². The number of benzene rings is 5. The van der Waals surface area contributed by atoms with E-state index in [1.807, 2.05) is 24.3 Å². The zero-order valence-electron chi connectivity index (χ0n) is 61.7. The minimum Gasteiger partial charge on any atom is -0.497 e. The van der Waals surface area contributed by atoms with E-state index in [-0.39, 0.29) is 94.6 Å². The summed E-state index contributed by atoms with van der Waals surface area (Å²) >= 11 is 0. The number of nitrogens with one attached hydrogen (secondary N) is 8. The molecule has 3 aliphatic rings. The summed E-state index contributed by atoms with van der Waals surface area (Å²) in [5, 5.41) is 22.9. The maximum absolute atomic E-state index is 14.2. The molecule has 0 saturated carbocycles. The Morgan fingerprint density at radius 2 is 0.947 bits per heavy atom. The molecule has 3 aliphatic heterocycles. The molecule has 2 fully saturated rings. The highest BCUT2D eigenvalue weighted by molar-refractivity contribution is 6.01. The van der Waals surface area contributed by atoms with Crippen molar-refractivity contribution >= 4 is 111 Å². The Morgan fingerprint density at radius 3 is 1.46 bits per heavy atom. The van der Waals surface area contributed by atoms with Crippen LogP contribution in [0.5, 0.6) is 40.8 Å². The molecule has 5 aromatic heterocycles. The Kier molecular flexibility index (Phi) is 28.5. The van der Waals surface area contributed by atoms with Crippen molar-refractivity contribution in [2.24, 2.45) is 5.73 Å². The van der Waals surface area contributed by atoms with Crippen molar-refractivity contribution in [3.05, 3.63) is 238 Å². The molecule has 8 heterocycles. The van der Waals surface area contributed by atoms with Crippen LogP contribution in [0.3, 0.4) is 0 Å². The number of carbonyl (C=O) groups excluding carboxylic acids is 6. The maximum atomic E-state index is 14.2. The fourth-order valence-electron chi connectivity index (χ4n) is 11.0. The number of aromatic nitrogens is 9. The van der Waals surface area contributed by atoms with Crippen molar-refractivity contribution in [2.45, 2.75) is 44.3 Å². The lowest BCUT2D eigenvalue weighted by Gasteiger charge is -2.32. The molecule has 10 N–H and O–H groups in total. The minimum atomic E-state index is -0.742. The topological polar surface area (TPSA) is 403 Å². The predicted octanol–water partition coefficient (Wildman–Crippen LogP) is 12.2. The number of fused-ring (bicyclic) bond motifs is 1. The van der Waals surface area contributed by atoms with Gasteiger partial charge in [-0.05, 0) is 134 Å². The monoisotopic (exact) mass is 1550 g/mol. The second kappa shape index (κ2) is 39.9. The molecule has 32 nitrogen and oxygen atoms in total. The first kappa shape index (κ1) is 81.5. The van der Waals surface area contributed by atoms with Gasteiger partial charge in [-0.15, -0.1) is 0 Å². The lowest BCUT2D eigenvalue weighted by molar-refractivity contribution is -0.129. The van der Waals surface area contributed by atoms with Crippen molar-refractivity contribution in [1.29, 1.82) is 0 Å². The van der Waals surface area contributed by atoms with Crippen molar-refractivity contribution in [3.63, 3.8) is 0 Å². The summed E-state index contributed by atoms with van der Waals surface area (Å²) in [6.07, 6.45) is 13.4. The van der Waals surface area contributed by atoms with Gasteiger partial charge in [0, 0.05) is 83.4 Å². The summed E-state index contributed by atoms with van der Waals surface area (Å²) in [5.74, 6) is -1.26. The number of piperidine rings is 2. The molecule has 5 aromatic carbocycles. The summed E-state index contributed by atoms with van der Waals surface area (Å²) in [4.78, 5) is 110. The summed E-state index contributed by atoms with van der Waals surface area (Å²) in [5.41, 5.74) is 11.3. The first-order valence-corrected chi connectivity index (χ1v) is 34.9. The van der Waals surface area contributed by atoms with E-state index in [1.54, 1.807) is 133 Å². The van der Waals surface area contributed by atoms with Gasteiger partial charge in [0.2, 0.25) is 76.7 Å². The fourth-order valence-corrected chi connectivity index (χ4v) is 11.0. The van der Waals surface area contributed by atoms with Crippen LogP contribution in [0.15, 0.2) is 209 Å². The lowest BCUT2D eigenvalue weighted by atomic mass is 10.1. The van der Waals surface area contributed by atoms with Gasteiger partial charge in [0.25, 0.3) is 17.7 Å².